The number of nitrogens with two attached hydrogens (primary N) is 1. The lowest BCUT2D eigenvalue weighted by Gasteiger charge is -2.11. The van der Waals surface area contributed by atoms with Crippen LogP contribution in [0.2, 0.25) is 0 Å². The fourth-order valence-corrected chi connectivity index (χ4v) is 1.36. The van der Waals surface area contributed by atoms with E-state index in [2.05, 4.69) is 20.1 Å². The number of hydrogen-bond acceptors (Lipinski definition) is 6. The van der Waals surface area contributed by atoms with Gasteiger partial charge in [-0.2, -0.15) is 0 Å². The number of benzene rings is 1. The smallest absolute Gasteiger partial charge is 0.411 e. The molecular weight excluding hydrogens is 278 g/mol. The molecule has 0 bridgehead atoms. The van der Waals surface area contributed by atoms with Crippen LogP contribution in [-0.4, -0.2) is 37.7 Å². The first-order valence-electron chi connectivity index (χ1n) is 6.16. The lowest BCUT2D eigenvalue weighted by molar-refractivity contribution is -0.146. The number of carbonyl (C=O) groups excluding carboxylic acids is 3. The number of esters is 1. The Balaban J connectivity index is 2.61. The normalized spacial score (nSPS) is 11.2. The summed E-state index contributed by atoms with van der Waals surface area (Å²) in [6.07, 6.45) is -0.601. The molecule has 0 aromatic heterocycles. The molecule has 8 nitrogen and oxygen atoms in total. The molecule has 4 N–H and O–H groups in total. The van der Waals surface area contributed by atoms with Crippen molar-refractivity contribution in [2.75, 3.05) is 24.4 Å². The highest BCUT2D eigenvalue weighted by Gasteiger charge is 2.23. The van der Waals surface area contributed by atoms with Crippen LogP contribution >= 0.6 is 0 Å². The predicted molar refractivity (Wildman–Crippen MR) is 75.7 cm³/mol. The highest BCUT2D eigenvalue weighted by molar-refractivity contribution is 6.08. The van der Waals surface area contributed by atoms with Crippen molar-refractivity contribution in [1.29, 1.82) is 0 Å². The van der Waals surface area contributed by atoms with E-state index in [-0.39, 0.29) is 6.61 Å². The minimum atomic E-state index is -1.39. The Bertz CT molecular complexity index is 515. The largest absolute Gasteiger partial charge is 0.464 e. The standard InChI is InChI=1S/C13H17N3O5/c1-3-21-12(18)10(14)11(17)15-8-4-6-9(7-5-8)16-13(19)20-2/h4-7,10H,3,14H2,1-2H3,(H,15,17)(H,16,19). The fraction of sp³-hybridized carbons (Fsp3) is 0.308. The van der Waals surface area contributed by atoms with Gasteiger partial charge in [0, 0.05) is 11.4 Å². The lowest BCUT2D eigenvalue weighted by atomic mass is 10.2. The SMILES string of the molecule is CCOC(=O)C(N)C(=O)Nc1ccc(NC(=O)OC)cc1. The third-order valence-electron chi connectivity index (χ3n) is 2.41. The number of methoxy groups -OCH3 is 1. The van der Waals surface area contributed by atoms with E-state index in [1.54, 1.807) is 31.2 Å². The summed E-state index contributed by atoms with van der Waals surface area (Å²) in [7, 11) is 1.25. The maximum atomic E-state index is 11.7. The molecule has 21 heavy (non-hydrogen) atoms. The lowest BCUT2D eigenvalue weighted by Crippen LogP contribution is -2.43. The molecule has 0 fully saturated rings. The average molecular weight is 295 g/mol. The first-order valence-corrected chi connectivity index (χ1v) is 6.16. The zero-order valence-electron chi connectivity index (χ0n) is 11.7. The van der Waals surface area contributed by atoms with Crippen LogP contribution < -0.4 is 16.4 Å². The van der Waals surface area contributed by atoms with Crippen LogP contribution in [0.25, 0.3) is 0 Å². The number of nitrogens with one attached hydrogen (secondary N) is 2. The van der Waals surface area contributed by atoms with E-state index in [0.29, 0.717) is 11.4 Å². The highest BCUT2D eigenvalue weighted by Crippen LogP contribution is 2.14. The number of rotatable bonds is 5. The van der Waals surface area contributed by atoms with E-state index >= 15 is 0 Å². The van der Waals surface area contributed by atoms with Crippen molar-refractivity contribution in [3.05, 3.63) is 24.3 Å². The maximum Gasteiger partial charge on any atom is 0.411 e. The quantitative estimate of drug-likeness (QED) is 0.543. The monoisotopic (exact) mass is 295 g/mol. The van der Waals surface area contributed by atoms with Gasteiger partial charge in [0.15, 0.2) is 6.04 Å². The summed E-state index contributed by atoms with van der Waals surface area (Å²) in [5.41, 5.74) is 6.37. The first-order chi connectivity index (χ1) is 9.97. The Morgan fingerprint density at radius 3 is 2.14 bits per heavy atom. The molecule has 1 unspecified atom stereocenters. The number of amides is 2. The van der Waals surface area contributed by atoms with Gasteiger partial charge in [0.2, 0.25) is 0 Å². The van der Waals surface area contributed by atoms with Crippen LogP contribution in [0.5, 0.6) is 0 Å². The number of ether oxygens (including phenoxy) is 2. The summed E-state index contributed by atoms with van der Waals surface area (Å²) in [6, 6.07) is 4.81. The summed E-state index contributed by atoms with van der Waals surface area (Å²) < 4.78 is 9.09. The molecular formula is C13H17N3O5. The minimum absolute atomic E-state index is 0.147. The summed E-state index contributed by atoms with van der Waals surface area (Å²) in [4.78, 5) is 34.0. The van der Waals surface area contributed by atoms with Crippen molar-refractivity contribution in [2.45, 2.75) is 13.0 Å². The first kappa shape index (κ1) is 16.4. The second-order valence-electron chi connectivity index (χ2n) is 3.91. The van der Waals surface area contributed by atoms with E-state index in [0.717, 1.165) is 0 Å². The molecule has 0 aliphatic rings. The Kier molecular flexibility index (Phi) is 6.15. The Hall–Kier alpha value is -2.61. The van der Waals surface area contributed by atoms with Gasteiger partial charge in [-0.15, -0.1) is 0 Å². The third kappa shape index (κ3) is 5.11. The summed E-state index contributed by atoms with van der Waals surface area (Å²) >= 11 is 0. The van der Waals surface area contributed by atoms with Gasteiger partial charge in [-0.3, -0.25) is 10.1 Å². The van der Waals surface area contributed by atoms with Crippen LogP contribution in [0.1, 0.15) is 6.92 Å². The van der Waals surface area contributed by atoms with E-state index in [1.807, 2.05) is 0 Å². The van der Waals surface area contributed by atoms with Crippen molar-refractivity contribution in [3.63, 3.8) is 0 Å². The molecule has 0 heterocycles. The van der Waals surface area contributed by atoms with Gasteiger partial charge in [-0.1, -0.05) is 0 Å². The molecule has 1 aromatic carbocycles. The topological polar surface area (TPSA) is 120 Å². The number of anilines is 2. The molecule has 114 valence electrons. The second-order valence-corrected chi connectivity index (χ2v) is 3.91. The summed E-state index contributed by atoms with van der Waals surface area (Å²) in [5, 5.41) is 4.92. The average Bonchev–Trinajstić information content (AvgIpc) is 2.48. The van der Waals surface area contributed by atoms with Gasteiger partial charge in [-0.25, -0.2) is 9.59 Å². The van der Waals surface area contributed by atoms with Crippen LogP contribution in [0.4, 0.5) is 16.2 Å². The molecule has 0 spiro atoms. The van der Waals surface area contributed by atoms with Crippen molar-refractivity contribution in [3.8, 4) is 0 Å². The zero-order valence-corrected chi connectivity index (χ0v) is 11.7. The molecule has 1 rings (SSSR count). The van der Waals surface area contributed by atoms with Crippen LogP contribution in [0.3, 0.4) is 0 Å². The molecule has 0 radical (unpaired) electrons. The molecule has 8 heteroatoms. The van der Waals surface area contributed by atoms with Gasteiger partial charge in [0.1, 0.15) is 0 Å². The van der Waals surface area contributed by atoms with E-state index in [1.165, 1.54) is 7.11 Å². The minimum Gasteiger partial charge on any atom is -0.464 e. The summed E-state index contributed by atoms with van der Waals surface area (Å²) in [6.45, 7) is 1.77. The number of hydrogen-bond donors (Lipinski definition) is 3. The Labute approximate surface area is 121 Å². The van der Waals surface area contributed by atoms with Crippen molar-refractivity contribution < 1.29 is 23.9 Å². The Morgan fingerprint density at radius 1 is 1.14 bits per heavy atom. The summed E-state index contributed by atoms with van der Waals surface area (Å²) in [5.74, 6) is -1.47. The van der Waals surface area contributed by atoms with Crippen molar-refractivity contribution >= 4 is 29.3 Å². The van der Waals surface area contributed by atoms with Crippen LogP contribution in [-0.2, 0) is 19.1 Å². The van der Waals surface area contributed by atoms with Crippen LogP contribution in [0.15, 0.2) is 24.3 Å². The van der Waals surface area contributed by atoms with E-state index < -0.39 is 24.0 Å². The maximum absolute atomic E-state index is 11.7. The Morgan fingerprint density at radius 2 is 1.67 bits per heavy atom. The van der Waals surface area contributed by atoms with Crippen molar-refractivity contribution in [1.82, 2.24) is 0 Å². The van der Waals surface area contributed by atoms with Crippen LogP contribution in [0, 0.1) is 0 Å². The fourth-order valence-electron chi connectivity index (χ4n) is 1.36. The van der Waals surface area contributed by atoms with Gasteiger partial charge < -0.3 is 20.5 Å². The predicted octanol–water partition coefficient (Wildman–Crippen LogP) is 0.694. The molecule has 0 aliphatic heterocycles. The molecule has 1 aromatic rings. The zero-order chi connectivity index (χ0) is 15.8. The highest BCUT2D eigenvalue weighted by atomic mass is 16.5. The van der Waals surface area contributed by atoms with Gasteiger partial charge in [0.05, 0.1) is 13.7 Å². The van der Waals surface area contributed by atoms with Crippen molar-refractivity contribution in [2.24, 2.45) is 5.73 Å². The molecule has 2 amide bonds. The molecule has 1 atom stereocenters. The number of carbonyl (C=O) groups is 3. The van der Waals surface area contributed by atoms with Gasteiger partial charge in [-0.05, 0) is 31.2 Å². The second kappa shape index (κ2) is 7.85. The van der Waals surface area contributed by atoms with Gasteiger partial charge >= 0.3 is 12.1 Å². The molecule has 0 saturated heterocycles. The van der Waals surface area contributed by atoms with Gasteiger partial charge in [0.25, 0.3) is 5.91 Å². The third-order valence-corrected chi connectivity index (χ3v) is 2.41. The van der Waals surface area contributed by atoms with E-state index in [4.69, 9.17) is 5.73 Å². The molecule has 0 saturated carbocycles. The molecule has 0 aliphatic carbocycles. The van der Waals surface area contributed by atoms with E-state index in [9.17, 15) is 14.4 Å².